The van der Waals surface area contributed by atoms with E-state index in [0.29, 0.717) is 11.6 Å². The van der Waals surface area contributed by atoms with E-state index in [9.17, 15) is 4.39 Å². The van der Waals surface area contributed by atoms with Crippen LogP contribution in [0.2, 0.25) is 0 Å². The molecule has 3 unspecified atom stereocenters. The van der Waals surface area contributed by atoms with E-state index in [0.717, 1.165) is 30.8 Å². The normalized spacial score (nSPS) is 23.3. The van der Waals surface area contributed by atoms with Crippen molar-refractivity contribution in [3.8, 4) is 0 Å². The summed E-state index contributed by atoms with van der Waals surface area (Å²) in [6.07, 6.45) is 1.23. The summed E-state index contributed by atoms with van der Waals surface area (Å²) in [5, 5.41) is 3.38. The van der Waals surface area contributed by atoms with Crippen molar-refractivity contribution in [3.05, 3.63) is 29.1 Å². The van der Waals surface area contributed by atoms with E-state index in [1.54, 1.807) is 6.07 Å². The molecule has 1 aromatic carbocycles. The lowest BCUT2D eigenvalue weighted by Crippen LogP contribution is -2.38. The summed E-state index contributed by atoms with van der Waals surface area (Å²) in [5.41, 5.74) is 2.81. The number of ether oxygens (including phenoxy) is 1. The van der Waals surface area contributed by atoms with Crippen molar-refractivity contribution in [1.29, 1.82) is 0 Å². The van der Waals surface area contributed by atoms with Gasteiger partial charge < -0.3 is 15.0 Å². The van der Waals surface area contributed by atoms with Crippen molar-refractivity contribution in [2.24, 2.45) is 0 Å². The van der Waals surface area contributed by atoms with Crippen LogP contribution < -0.4 is 10.2 Å². The minimum atomic E-state index is -0.136. The zero-order valence-electron chi connectivity index (χ0n) is 13.7. The van der Waals surface area contributed by atoms with Crippen molar-refractivity contribution in [1.82, 2.24) is 5.32 Å². The van der Waals surface area contributed by atoms with Gasteiger partial charge in [-0.3, -0.25) is 0 Å². The van der Waals surface area contributed by atoms with Crippen LogP contribution in [0.1, 0.15) is 44.4 Å². The Morgan fingerprint density at radius 1 is 1.48 bits per heavy atom. The minimum absolute atomic E-state index is 0.125. The van der Waals surface area contributed by atoms with Crippen LogP contribution in [0.25, 0.3) is 0 Å². The Labute approximate surface area is 127 Å². The van der Waals surface area contributed by atoms with Crippen molar-refractivity contribution in [3.63, 3.8) is 0 Å². The van der Waals surface area contributed by atoms with Crippen molar-refractivity contribution < 1.29 is 9.13 Å². The Bertz CT molecular complexity index is 492. The molecule has 1 heterocycles. The number of halogens is 1. The van der Waals surface area contributed by atoms with E-state index in [2.05, 4.69) is 38.0 Å². The predicted molar refractivity (Wildman–Crippen MR) is 85.5 cm³/mol. The Morgan fingerprint density at radius 2 is 2.19 bits per heavy atom. The number of hydrogen-bond acceptors (Lipinski definition) is 3. The molecular formula is C17H27FN2O. The molecule has 0 aromatic heterocycles. The molecule has 1 aliphatic heterocycles. The Kier molecular flexibility index (Phi) is 5.22. The van der Waals surface area contributed by atoms with Crippen molar-refractivity contribution >= 4 is 5.69 Å². The molecule has 1 saturated heterocycles. The highest BCUT2D eigenvalue weighted by Crippen LogP contribution is 2.32. The van der Waals surface area contributed by atoms with Gasteiger partial charge in [-0.05, 0) is 57.0 Å². The highest BCUT2D eigenvalue weighted by molar-refractivity contribution is 5.57. The van der Waals surface area contributed by atoms with Gasteiger partial charge >= 0.3 is 0 Å². The lowest BCUT2D eigenvalue weighted by atomic mass is 10.00. The fraction of sp³-hybridized carbons (Fsp3) is 0.647. The number of benzene rings is 1. The second-order valence-electron chi connectivity index (χ2n) is 5.98. The van der Waals surface area contributed by atoms with Gasteiger partial charge in [-0.15, -0.1) is 0 Å². The van der Waals surface area contributed by atoms with E-state index < -0.39 is 0 Å². The third-order valence-corrected chi connectivity index (χ3v) is 4.50. The van der Waals surface area contributed by atoms with Gasteiger partial charge in [0.2, 0.25) is 0 Å². The molecule has 4 heteroatoms. The van der Waals surface area contributed by atoms with Crippen LogP contribution in [0, 0.1) is 12.7 Å². The molecule has 1 N–H and O–H groups in total. The number of anilines is 1. The van der Waals surface area contributed by atoms with Gasteiger partial charge in [0.25, 0.3) is 0 Å². The summed E-state index contributed by atoms with van der Waals surface area (Å²) in [7, 11) is 2.09. The monoisotopic (exact) mass is 294 g/mol. The first kappa shape index (κ1) is 16.2. The van der Waals surface area contributed by atoms with Crippen LogP contribution in [0.15, 0.2) is 12.1 Å². The SMILES string of the molecule is CCNC(C)c1cc(F)c(C)cc1N(C)C1CCOC1C. The summed E-state index contributed by atoms with van der Waals surface area (Å²) in [6, 6.07) is 4.11. The number of nitrogens with one attached hydrogen (secondary N) is 1. The average molecular weight is 294 g/mol. The van der Waals surface area contributed by atoms with Gasteiger partial charge in [0.15, 0.2) is 0 Å². The number of rotatable bonds is 5. The van der Waals surface area contributed by atoms with Gasteiger partial charge in [0.1, 0.15) is 5.82 Å². The van der Waals surface area contributed by atoms with E-state index in [1.165, 1.54) is 0 Å². The summed E-state index contributed by atoms with van der Waals surface area (Å²) < 4.78 is 19.7. The molecule has 21 heavy (non-hydrogen) atoms. The molecule has 0 aliphatic carbocycles. The average Bonchev–Trinajstić information content (AvgIpc) is 2.87. The first-order chi connectivity index (χ1) is 9.95. The fourth-order valence-electron chi connectivity index (χ4n) is 3.16. The summed E-state index contributed by atoms with van der Waals surface area (Å²) in [4.78, 5) is 2.26. The number of likely N-dealkylation sites (N-methyl/N-ethyl adjacent to an activating group) is 1. The van der Waals surface area contributed by atoms with Crippen LogP contribution in [0.4, 0.5) is 10.1 Å². The lowest BCUT2D eigenvalue weighted by molar-refractivity contribution is 0.118. The smallest absolute Gasteiger partial charge is 0.126 e. The van der Waals surface area contributed by atoms with Crippen LogP contribution in [0.5, 0.6) is 0 Å². The second kappa shape index (κ2) is 6.75. The Morgan fingerprint density at radius 3 is 2.76 bits per heavy atom. The van der Waals surface area contributed by atoms with Crippen molar-refractivity contribution in [2.75, 3.05) is 25.1 Å². The quantitative estimate of drug-likeness (QED) is 0.900. The molecule has 0 bridgehead atoms. The molecule has 1 aromatic rings. The molecule has 118 valence electrons. The maximum atomic E-state index is 14.0. The van der Waals surface area contributed by atoms with Gasteiger partial charge in [-0.1, -0.05) is 6.92 Å². The standard InChI is InChI=1S/C17H27FN2O/c1-6-19-12(3)14-10-15(18)11(2)9-17(14)20(5)16-7-8-21-13(16)4/h9-10,12-13,16,19H,6-8H2,1-5H3. The lowest BCUT2D eigenvalue weighted by Gasteiger charge is -2.32. The third-order valence-electron chi connectivity index (χ3n) is 4.50. The maximum absolute atomic E-state index is 14.0. The molecular weight excluding hydrogens is 267 g/mol. The van der Waals surface area contributed by atoms with Gasteiger partial charge in [-0.2, -0.15) is 0 Å². The summed E-state index contributed by atoms with van der Waals surface area (Å²) >= 11 is 0. The van der Waals surface area contributed by atoms with E-state index in [-0.39, 0.29) is 18.0 Å². The number of nitrogens with zero attached hydrogens (tertiary/aromatic N) is 1. The molecule has 0 saturated carbocycles. The molecule has 3 nitrogen and oxygen atoms in total. The van der Waals surface area contributed by atoms with Gasteiger partial charge in [0.05, 0.1) is 12.1 Å². The minimum Gasteiger partial charge on any atom is -0.376 e. The first-order valence-corrected chi connectivity index (χ1v) is 7.83. The predicted octanol–water partition coefficient (Wildman–Crippen LogP) is 3.42. The molecule has 1 aliphatic rings. The first-order valence-electron chi connectivity index (χ1n) is 7.83. The maximum Gasteiger partial charge on any atom is 0.126 e. The number of hydrogen-bond donors (Lipinski definition) is 1. The molecule has 3 atom stereocenters. The topological polar surface area (TPSA) is 24.5 Å². The van der Waals surface area contributed by atoms with Crippen LogP contribution in [0.3, 0.4) is 0 Å². The zero-order valence-corrected chi connectivity index (χ0v) is 13.7. The van der Waals surface area contributed by atoms with Gasteiger partial charge in [0, 0.05) is 25.4 Å². The Balaban J connectivity index is 2.38. The summed E-state index contributed by atoms with van der Waals surface area (Å²) in [6.45, 7) is 9.74. The highest BCUT2D eigenvalue weighted by atomic mass is 19.1. The number of aryl methyl sites for hydroxylation is 1. The second-order valence-corrected chi connectivity index (χ2v) is 5.98. The molecule has 2 rings (SSSR count). The molecule has 1 fully saturated rings. The zero-order chi connectivity index (χ0) is 15.6. The van der Waals surface area contributed by atoms with E-state index in [4.69, 9.17) is 4.74 Å². The van der Waals surface area contributed by atoms with E-state index >= 15 is 0 Å². The molecule has 0 radical (unpaired) electrons. The third kappa shape index (κ3) is 3.38. The largest absolute Gasteiger partial charge is 0.376 e. The van der Waals surface area contributed by atoms with Gasteiger partial charge in [-0.25, -0.2) is 4.39 Å². The van der Waals surface area contributed by atoms with E-state index in [1.807, 2.05) is 13.0 Å². The Hall–Kier alpha value is -1.13. The van der Waals surface area contributed by atoms with Crippen LogP contribution in [-0.2, 0) is 4.74 Å². The highest BCUT2D eigenvalue weighted by Gasteiger charge is 2.30. The molecule has 0 spiro atoms. The summed E-state index contributed by atoms with van der Waals surface area (Å²) in [5.74, 6) is -0.136. The fourth-order valence-corrected chi connectivity index (χ4v) is 3.16. The van der Waals surface area contributed by atoms with Crippen molar-refractivity contribution in [2.45, 2.75) is 52.3 Å². The van der Waals surface area contributed by atoms with Crippen LogP contribution >= 0.6 is 0 Å². The molecule has 0 amide bonds. The van der Waals surface area contributed by atoms with Crippen LogP contribution in [-0.4, -0.2) is 32.3 Å².